The molecule has 1 aromatic carbocycles. The summed E-state index contributed by atoms with van der Waals surface area (Å²) in [6.07, 6.45) is 0.122. The van der Waals surface area contributed by atoms with Crippen LogP contribution in [0.1, 0.15) is 17.4 Å². The molecule has 1 atom stereocenters. The maximum absolute atomic E-state index is 14.1. The van der Waals surface area contributed by atoms with E-state index in [9.17, 15) is 9.50 Å². The molecule has 1 aromatic heterocycles. The van der Waals surface area contributed by atoms with Crippen LogP contribution >= 0.6 is 11.6 Å². The van der Waals surface area contributed by atoms with Crippen molar-refractivity contribution in [2.45, 2.75) is 12.6 Å². The third-order valence-corrected chi connectivity index (χ3v) is 3.40. The standard InChI is InChI=1S/C14H16ClFN2O3/c1-20-7-6-18-13(9(15)8-17-18)14(19)12-10(16)4-3-5-11(12)21-2/h3-5,8,14,19H,6-7H2,1-2H3. The van der Waals surface area contributed by atoms with Gasteiger partial charge in [0.05, 0.1) is 42.7 Å². The number of benzene rings is 1. The highest BCUT2D eigenvalue weighted by atomic mass is 35.5. The highest BCUT2D eigenvalue weighted by Gasteiger charge is 2.25. The highest BCUT2D eigenvalue weighted by molar-refractivity contribution is 6.31. The number of ether oxygens (including phenoxy) is 2. The zero-order valence-electron chi connectivity index (χ0n) is 11.7. The number of nitrogens with zero attached hydrogens (tertiary/aromatic N) is 2. The Bertz CT molecular complexity index is 618. The lowest BCUT2D eigenvalue weighted by atomic mass is 10.0. The van der Waals surface area contributed by atoms with Crippen LogP contribution in [0.2, 0.25) is 5.02 Å². The van der Waals surface area contributed by atoms with Crippen LogP contribution in [0.15, 0.2) is 24.4 Å². The fourth-order valence-corrected chi connectivity index (χ4v) is 2.34. The van der Waals surface area contributed by atoms with Crippen molar-refractivity contribution in [1.82, 2.24) is 9.78 Å². The van der Waals surface area contributed by atoms with E-state index in [2.05, 4.69) is 5.10 Å². The van der Waals surface area contributed by atoms with Crippen LogP contribution in [-0.4, -0.2) is 35.7 Å². The summed E-state index contributed by atoms with van der Waals surface area (Å²) in [5, 5.41) is 14.8. The zero-order chi connectivity index (χ0) is 15.4. The lowest BCUT2D eigenvalue weighted by Gasteiger charge is -2.17. The summed E-state index contributed by atoms with van der Waals surface area (Å²) in [6.45, 7) is 0.790. The average Bonchev–Trinajstić information content (AvgIpc) is 2.85. The van der Waals surface area contributed by atoms with Gasteiger partial charge in [-0.05, 0) is 12.1 Å². The number of aliphatic hydroxyl groups excluding tert-OH is 1. The van der Waals surface area contributed by atoms with Gasteiger partial charge in [-0.25, -0.2) is 4.39 Å². The molecule has 0 spiro atoms. The number of rotatable bonds is 6. The van der Waals surface area contributed by atoms with Crippen molar-refractivity contribution in [3.05, 3.63) is 46.5 Å². The molecule has 0 aliphatic rings. The van der Waals surface area contributed by atoms with Crippen molar-refractivity contribution in [3.8, 4) is 5.75 Å². The molecule has 0 amide bonds. The summed E-state index contributed by atoms with van der Waals surface area (Å²) in [5.74, 6) is -0.324. The molecule has 1 N–H and O–H groups in total. The predicted octanol–water partition coefficient (Wildman–Crippen LogP) is 2.41. The van der Waals surface area contributed by atoms with Crippen LogP contribution in [0, 0.1) is 5.82 Å². The van der Waals surface area contributed by atoms with Crippen molar-refractivity contribution in [3.63, 3.8) is 0 Å². The third-order valence-electron chi connectivity index (χ3n) is 3.11. The monoisotopic (exact) mass is 314 g/mol. The van der Waals surface area contributed by atoms with Crippen molar-refractivity contribution in [2.24, 2.45) is 0 Å². The van der Waals surface area contributed by atoms with Gasteiger partial charge in [-0.1, -0.05) is 17.7 Å². The van der Waals surface area contributed by atoms with Crippen LogP contribution in [0.4, 0.5) is 4.39 Å². The van der Waals surface area contributed by atoms with Crippen LogP contribution in [0.5, 0.6) is 5.75 Å². The molecule has 0 radical (unpaired) electrons. The first-order valence-electron chi connectivity index (χ1n) is 6.30. The lowest BCUT2D eigenvalue weighted by molar-refractivity contribution is 0.168. The van der Waals surface area contributed by atoms with E-state index in [0.717, 1.165) is 0 Å². The topological polar surface area (TPSA) is 56.5 Å². The summed E-state index contributed by atoms with van der Waals surface area (Å²) >= 11 is 6.07. The Balaban J connectivity index is 2.45. The molecule has 0 bridgehead atoms. The van der Waals surface area contributed by atoms with E-state index in [1.807, 2.05) is 0 Å². The molecule has 0 saturated heterocycles. The first kappa shape index (κ1) is 15.8. The minimum Gasteiger partial charge on any atom is -0.496 e. The van der Waals surface area contributed by atoms with Gasteiger partial charge >= 0.3 is 0 Å². The summed E-state index contributed by atoms with van der Waals surface area (Å²) in [7, 11) is 2.97. The second kappa shape index (κ2) is 6.89. The molecule has 21 heavy (non-hydrogen) atoms. The predicted molar refractivity (Wildman–Crippen MR) is 76.1 cm³/mol. The fourth-order valence-electron chi connectivity index (χ4n) is 2.10. The van der Waals surface area contributed by atoms with E-state index >= 15 is 0 Å². The van der Waals surface area contributed by atoms with E-state index in [1.165, 1.54) is 30.1 Å². The molecule has 114 valence electrons. The Morgan fingerprint density at radius 3 is 2.86 bits per heavy atom. The Morgan fingerprint density at radius 2 is 2.19 bits per heavy atom. The third kappa shape index (κ3) is 3.18. The Labute approximate surface area is 126 Å². The number of hydrogen-bond acceptors (Lipinski definition) is 4. The summed E-state index contributed by atoms with van der Waals surface area (Å²) in [6, 6.07) is 4.34. The summed E-state index contributed by atoms with van der Waals surface area (Å²) in [4.78, 5) is 0. The number of hydrogen-bond donors (Lipinski definition) is 1. The van der Waals surface area contributed by atoms with E-state index in [-0.39, 0.29) is 16.3 Å². The SMILES string of the molecule is COCCn1ncc(Cl)c1C(O)c1c(F)cccc1OC. The smallest absolute Gasteiger partial charge is 0.133 e. The van der Waals surface area contributed by atoms with Crippen molar-refractivity contribution < 1.29 is 19.0 Å². The molecule has 0 aliphatic heterocycles. The molecule has 1 heterocycles. The number of aromatic nitrogens is 2. The molecular weight excluding hydrogens is 299 g/mol. The summed E-state index contributed by atoms with van der Waals surface area (Å²) < 4.78 is 25.6. The zero-order valence-corrected chi connectivity index (χ0v) is 12.5. The minimum absolute atomic E-state index is 0.0288. The maximum Gasteiger partial charge on any atom is 0.133 e. The normalized spacial score (nSPS) is 12.4. The second-order valence-electron chi connectivity index (χ2n) is 4.35. The Hall–Kier alpha value is -1.63. The Kier molecular flexibility index (Phi) is 5.17. The maximum atomic E-state index is 14.1. The average molecular weight is 315 g/mol. The van der Waals surface area contributed by atoms with Crippen LogP contribution in [-0.2, 0) is 11.3 Å². The number of aliphatic hydroxyl groups is 1. The van der Waals surface area contributed by atoms with Gasteiger partial charge in [-0.3, -0.25) is 4.68 Å². The van der Waals surface area contributed by atoms with Gasteiger partial charge in [0, 0.05) is 7.11 Å². The van der Waals surface area contributed by atoms with Gasteiger partial charge < -0.3 is 14.6 Å². The largest absolute Gasteiger partial charge is 0.496 e. The van der Waals surface area contributed by atoms with Crippen molar-refractivity contribution in [2.75, 3.05) is 20.8 Å². The number of methoxy groups -OCH3 is 2. The van der Waals surface area contributed by atoms with Crippen LogP contribution in [0.3, 0.4) is 0 Å². The highest BCUT2D eigenvalue weighted by Crippen LogP contribution is 2.35. The van der Waals surface area contributed by atoms with Gasteiger partial charge in [-0.2, -0.15) is 5.10 Å². The summed E-state index contributed by atoms with van der Waals surface area (Å²) in [5.41, 5.74) is 0.332. The van der Waals surface area contributed by atoms with Gasteiger partial charge in [0.25, 0.3) is 0 Å². The van der Waals surface area contributed by atoms with E-state index in [0.29, 0.717) is 18.8 Å². The van der Waals surface area contributed by atoms with E-state index in [1.54, 1.807) is 13.2 Å². The van der Waals surface area contributed by atoms with Crippen molar-refractivity contribution >= 4 is 11.6 Å². The molecule has 1 unspecified atom stereocenters. The fraction of sp³-hybridized carbons (Fsp3) is 0.357. The van der Waals surface area contributed by atoms with Gasteiger partial charge in [0.2, 0.25) is 0 Å². The molecule has 5 nitrogen and oxygen atoms in total. The molecule has 0 fully saturated rings. The second-order valence-corrected chi connectivity index (χ2v) is 4.76. The van der Waals surface area contributed by atoms with Gasteiger partial charge in [0.1, 0.15) is 17.7 Å². The quantitative estimate of drug-likeness (QED) is 0.889. The molecule has 2 aromatic rings. The van der Waals surface area contributed by atoms with Crippen LogP contribution < -0.4 is 4.74 Å². The first-order valence-corrected chi connectivity index (χ1v) is 6.68. The molecule has 0 aliphatic carbocycles. The molecule has 2 rings (SSSR count). The van der Waals surface area contributed by atoms with Gasteiger partial charge in [0.15, 0.2) is 0 Å². The number of halogens is 2. The lowest BCUT2D eigenvalue weighted by Crippen LogP contribution is -2.15. The molecular formula is C14H16ClFN2O3. The Morgan fingerprint density at radius 1 is 1.43 bits per heavy atom. The first-order chi connectivity index (χ1) is 10.1. The minimum atomic E-state index is -1.28. The van der Waals surface area contributed by atoms with Crippen molar-refractivity contribution in [1.29, 1.82) is 0 Å². The molecule has 7 heteroatoms. The van der Waals surface area contributed by atoms with E-state index < -0.39 is 11.9 Å². The van der Waals surface area contributed by atoms with Gasteiger partial charge in [-0.15, -0.1) is 0 Å². The van der Waals surface area contributed by atoms with E-state index in [4.69, 9.17) is 21.1 Å². The van der Waals surface area contributed by atoms with Crippen LogP contribution in [0.25, 0.3) is 0 Å². The molecule has 0 saturated carbocycles.